The van der Waals surface area contributed by atoms with E-state index in [-0.39, 0.29) is 37.4 Å². The molecule has 40 heavy (non-hydrogen) atoms. The van der Waals surface area contributed by atoms with E-state index in [0.29, 0.717) is 33.3 Å². The average Bonchev–Trinajstić information content (AvgIpc) is 3.59. The fourth-order valence-electron chi connectivity index (χ4n) is 5.03. The second-order valence-electron chi connectivity index (χ2n) is 9.53. The van der Waals surface area contributed by atoms with E-state index >= 15 is 0 Å². The molecule has 3 unspecified atom stereocenters. The highest BCUT2D eigenvalue weighted by Crippen LogP contribution is 2.52. The highest BCUT2D eigenvalue weighted by Gasteiger charge is 2.45. The van der Waals surface area contributed by atoms with E-state index in [0.717, 1.165) is 46.5 Å². The summed E-state index contributed by atoms with van der Waals surface area (Å²) in [7, 11) is 6.31. The van der Waals surface area contributed by atoms with E-state index in [2.05, 4.69) is 42.4 Å². The van der Waals surface area contributed by atoms with Crippen molar-refractivity contribution < 1.29 is 19.7 Å². The Kier molecular flexibility index (Phi) is 8.29. The summed E-state index contributed by atoms with van der Waals surface area (Å²) in [5.41, 5.74) is 3.09. The zero-order valence-electron chi connectivity index (χ0n) is 22.5. The number of aromatic nitrogens is 6. The van der Waals surface area contributed by atoms with Gasteiger partial charge in [-0.05, 0) is 12.8 Å². The Morgan fingerprint density at radius 1 is 0.725 bits per heavy atom. The van der Waals surface area contributed by atoms with E-state index in [1.807, 2.05) is 0 Å². The van der Waals surface area contributed by atoms with Crippen molar-refractivity contribution in [3.63, 3.8) is 0 Å². The van der Waals surface area contributed by atoms with Gasteiger partial charge < -0.3 is 19.7 Å². The molecule has 8 heterocycles. The first-order valence-electron chi connectivity index (χ1n) is 13.1. The number of aliphatic hydroxyl groups excluding tert-OH is 2. The molecule has 4 aromatic rings. The number of ether oxygens (including phenoxy) is 2. The van der Waals surface area contributed by atoms with Crippen molar-refractivity contribution in [2.75, 3.05) is 27.4 Å². The van der Waals surface area contributed by atoms with Gasteiger partial charge in [-0.3, -0.25) is 0 Å². The third kappa shape index (κ3) is 4.71. The van der Waals surface area contributed by atoms with Crippen LogP contribution in [0.4, 0.5) is 0 Å². The van der Waals surface area contributed by atoms with Gasteiger partial charge in [-0.15, -0.1) is 0 Å². The molecule has 214 valence electrons. The van der Waals surface area contributed by atoms with Crippen LogP contribution in [0.1, 0.15) is 74.7 Å². The molecule has 2 N–H and O–H groups in total. The van der Waals surface area contributed by atoms with Gasteiger partial charge in [0.2, 0.25) is 0 Å². The maximum Gasteiger partial charge on any atom is 0.275 e. The van der Waals surface area contributed by atoms with Gasteiger partial charge in [0.15, 0.2) is 22.9 Å². The summed E-state index contributed by atoms with van der Waals surface area (Å²) >= 11 is 2.87. The van der Waals surface area contributed by atoms with Crippen LogP contribution >= 0.6 is 44.6 Å². The standard InChI is InChI=1S/C24H30N8O4S4/c1-5-7-11(9-33)31(15-13-17-21(27-19(15)25-13)29-23(35-3)37-17)39-40-32(12(10-34)8-6-2)16-14-18-22(28-20(16)26-14)30-24(36-4)38-18/h11-12,15-16,33-34H,5-10H2,1-4H3/t11-,12?,15?,16?/m1/s1. The molecule has 0 fully saturated rings. The van der Waals surface area contributed by atoms with Gasteiger partial charge in [0.25, 0.3) is 10.4 Å². The number of hydrogen-bond donors (Lipinski definition) is 2. The van der Waals surface area contributed by atoms with Crippen LogP contribution in [-0.4, -0.2) is 88.2 Å². The van der Waals surface area contributed by atoms with E-state index in [9.17, 15) is 10.2 Å². The molecule has 0 saturated heterocycles. The largest absolute Gasteiger partial charge is 0.473 e. The zero-order valence-corrected chi connectivity index (χ0v) is 25.7. The Bertz CT molecular complexity index is 1410. The lowest BCUT2D eigenvalue weighted by atomic mass is 10.0. The SMILES string of the molecule is CCCC(CO)N(SSN(C1c2nc1c1sc(OC)nc1n2)[C@@H](CO)CCC)C1c2nc1c1sc(OC)nc1n2. The predicted molar refractivity (Wildman–Crippen MR) is 158 cm³/mol. The third-order valence-electron chi connectivity index (χ3n) is 7.01. The fourth-order valence-corrected chi connectivity index (χ4v) is 9.71. The van der Waals surface area contributed by atoms with Crippen molar-refractivity contribution in [3.05, 3.63) is 23.0 Å². The molecule has 8 rings (SSSR count). The van der Waals surface area contributed by atoms with Crippen LogP contribution in [0.25, 0.3) is 20.7 Å². The van der Waals surface area contributed by atoms with Crippen LogP contribution in [0.2, 0.25) is 0 Å². The lowest BCUT2D eigenvalue weighted by Crippen LogP contribution is -2.43. The summed E-state index contributed by atoms with van der Waals surface area (Å²) in [6.45, 7) is 4.23. The molecular formula is C24H30N8O4S4. The van der Waals surface area contributed by atoms with Gasteiger partial charge in [-0.1, -0.05) is 49.4 Å². The predicted octanol–water partition coefficient (Wildman–Crippen LogP) is 4.15. The van der Waals surface area contributed by atoms with Crippen molar-refractivity contribution in [3.8, 4) is 10.4 Å². The molecule has 4 aromatic heterocycles. The van der Waals surface area contributed by atoms with Crippen LogP contribution in [0.3, 0.4) is 0 Å². The highest BCUT2D eigenvalue weighted by atomic mass is 33.1. The van der Waals surface area contributed by atoms with Gasteiger partial charge in [0.05, 0.1) is 38.8 Å². The summed E-state index contributed by atoms with van der Waals surface area (Å²) in [6.07, 6.45) is 3.46. The van der Waals surface area contributed by atoms with Crippen molar-refractivity contribution >= 4 is 65.3 Å². The Balaban J connectivity index is 1.31. The molecule has 0 spiro atoms. The van der Waals surface area contributed by atoms with Gasteiger partial charge in [-0.25, -0.2) is 28.5 Å². The minimum absolute atomic E-state index is 0.00256. The van der Waals surface area contributed by atoms with Crippen LogP contribution in [0.15, 0.2) is 0 Å². The summed E-state index contributed by atoms with van der Waals surface area (Å²) < 4.78 is 16.9. The molecule has 0 aromatic carbocycles. The monoisotopic (exact) mass is 622 g/mol. The van der Waals surface area contributed by atoms with Crippen molar-refractivity contribution in [1.29, 1.82) is 0 Å². The van der Waals surface area contributed by atoms with Crippen molar-refractivity contribution in [2.45, 2.75) is 63.7 Å². The fraction of sp³-hybridized carbons (Fsp3) is 0.583. The lowest BCUT2D eigenvalue weighted by molar-refractivity contribution is 0.158. The first kappa shape index (κ1) is 28.2. The van der Waals surface area contributed by atoms with Gasteiger partial charge in [-0.2, -0.15) is 9.97 Å². The Morgan fingerprint density at radius 3 is 1.50 bits per heavy atom. The zero-order chi connectivity index (χ0) is 28.0. The molecule has 4 atom stereocenters. The second-order valence-corrected chi connectivity index (χ2v) is 13.5. The number of aliphatic hydroxyl groups is 2. The van der Waals surface area contributed by atoms with E-state index in [4.69, 9.17) is 19.4 Å². The molecule has 16 heteroatoms. The summed E-state index contributed by atoms with van der Waals surface area (Å²) in [5.74, 6) is 1.38. The van der Waals surface area contributed by atoms with E-state index in [1.54, 1.807) is 36.2 Å². The molecule has 4 aliphatic heterocycles. The smallest absolute Gasteiger partial charge is 0.275 e. The van der Waals surface area contributed by atoms with Gasteiger partial charge in [0, 0.05) is 34.0 Å². The Hall–Kier alpha value is -1.92. The summed E-state index contributed by atoms with van der Waals surface area (Å²) in [5, 5.41) is 22.0. The first-order chi connectivity index (χ1) is 19.5. The van der Waals surface area contributed by atoms with Gasteiger partial charge >= 0.3 is 0 Å². The summed E-state index contributed by atoms with van der Waals surface area (Å²) in [4.78, 5) is 27.7. The highest BCUT2D eigenvalue weighted by molar-refractivity contribution is 8.74. The van der Waals surface area contributed by atoms with Crippen molar-refractivity contribution in [1.82, 2.24) is 38.5 Å². The lowest BCUT2D eigenvalue weighted by Gasteiger charge is -2.42. The number of methoxy groups -OCH3 is 2. The van der Waals surface area contributed by atoms with E-state index in [1.165, 1.54) is 22.7 Å². The Morgan fingerprint density at radius 2 is 1.15 bits per heavy atom. The quantitative estimate of drug-likeness (QED) is 0.145. The van der Waals surface area contributed by atoms with Gasteiger partial charge in [0.1, 0.15) is 21.5 Å². The minimum Gasteiger partial charge on any atom is -0.473 e. The van der Waals surface area contributed by atoms with Crippen LogP contribution < -0.4 is 9.47 Å². The molecule has 0 amide bonds. The number of thiazole rings is 2. The van der Waals surface area contributed by atoms with E-state index < -0.39 is 0 Å². The number of hydrogen-bond acceptors (Lipinski definition) is 16. The summed E-state index contributed by atoms with van der Waals surface area (Å²) in [6, 6.07) is -0.582. The molecule has 4 aliphatic rings. The molecule has 0 saturated carbocycles. The van der Waals surface area contributed by atoms with Crippen molar-refractivity contribution in [2.24, 2.45) is 0 Å². The van der Waals surface area contributed by atoms with Crippen LogP contribution in [-0.2, 0) is 0 Å². The molecular weight excluding hydrogens is 593 g/mol. The number of nitrogens with zero attached hydrogens (tertiary/aromatic N) is 8. The van der Waals surface area contributed by atoms with Crippen LogP contribution in [0, 0.1) is 0 Å². The second kappa shape index (κ2) is 11.8. The number of rotatable bonds is 15. The third-order valence-corrected chi connectivity index (χ3v) is 11.7. The molecule has 12 nitrogen and oxygen atoms in total. The first-order valence-corrected chi connectivity index (χ1v) is 16.8. The van der Waals surface area contributed by atoms with Crippen LogP contribution in [0.5, 0.6) is 10.4 Å². The maximum absolute atomic E-state index is 10.5. The average molecular weight is 623 g/mol. The topological polar surface area (TPSA) is 143 Å². The molecule has 0 radical (unpaired) electrons. The molecule has 0 aliphatic carbocycles. The normalized spacial score (nSPS) is 18.8. The maximum atomic E-state index is 10.5. The molecule has 4 bridgehead atoms. The Labute approximate surface area is 247 Å². The minimum atomic E-state index is -0.174.